The van der Waals surface area contributed by atoms with Crippen LogP contribution in [-0.2, 0) is 4.79 Å². The lowest BCUT2D eigenvalue weighted by Crippen LogP contribution is -2.30. The van der Waals surface area contributed by atoms with E-state index >= 15 is 0 Å². The van der Waals surface area contributed by atoms with Crippen LogP contribution in [-0.4, -0.2) is 28.1 Å². The number of hydrogen-bond donors (Lipinski definition) is 2. The van der Waals surface area contributed by atoms with Crippen molar-refractivity contribution in [1.82, 2.24) is 4.98 Å². The minimum atomic E-state index is -5.04. The maximum absolute atomic E-state index is 12.0. The molecule has 0 bridgehead atoms. The van der Waals surface area contributed by atoms with Gasteiger partial charge in [0, 0.05) is 0 Å². The zero-order valence-corrected chi connectivity index (χ0v) is 10.4. The molecule has 0 saturated heterocycles. The maximum atomic E-state index is 12.0. The van der Waals surface area contributed by atoms with Crippen molar-refractivity contribution in [2.75, 3.05) is 5.32 Å². The molecule has 0 aliphatic heterocycles. The van der Waals surface area contributed by atoms with Crippen molar-refractivity contribution < 1.29 is 27.9 Å². The van der Waals surface area contributed by atoms with E-state index in [0.29, 0.717) is 0 Å². The first kappa shape index (κ1) is 14.4. The molecule has 0 fully saturated rings. The van der Waals surface area contributed by atoms with Gasteiger partial charge >= 0.3 is 18.1 Å². The summed E-state index contributed by atoms with van der Waals surface area (Å²) in [6.45, 7) is 1.30. The Hall–Kier alpha value is -1.64. The largest absolute Gasteiger partial charge is 0.478 e. The molecule has 0 spiro atoms. The Morgan fingerprint density at radius 2 is 2.00 bits per heavy atom. The fraction of sp³-hybridized carbons (Fsp3) is 0.222. The van der Waals surface area contributed by atoms with Crippen LogP contribution in [0.1, 0.15) is 16.1 Å². The molecule has 0 atom stereocenters. The zero-order valence-electron chi connectivity index (χ0n) is 8.80. The number of hydrogen-bond acceptors (Lipinski definition) is 3. The number of nitrogens with zero attached hydrogens (tertiary/aromatic N) is 1. The highest BCUT2D eigenvalue weighted by Gasteiger charge is 2.39. The molecule has 98 valence electrons. The van der Waals surface area contributed by atoms with Crippen LogP contribution in [0.5, 0.6) is 0 Å². The minimum absolute atomic E-state index is 0.0109. The van der Waals surface area contributed by atoms with Gasteiger partial charge in [-0.25, -0.2) is 9.78 Å². The van der Waals surface area contributed by atoms with E-state index in [0.717, 1.165) is 6.07 Å². The summed E-state index contributed by atoms with van der Waals surface area (Å²) in [6, 6.07) is 1.07. The van der Waals surface area contributed by atoms with Gasteiger partial charge in [-0.15, -0.1) is 0 Å². The quantitative estimate of drug-likeness (QED) is 0.874. The molecule has 18 heavy (non-hydrogen) atoms. The lowest BCUT2D eigenvalue weighted by atomic mass is 10.2. The number of alkyl halides is 3. The summed E-state index contributed by atoms with van der Waals surface area (Å²) in [5.41, 5.74) is -0.185. The van der Waals surface area contributed by atoms with Crippen molar-refractivity contribution >= 4 is 33.6 Å². The Morgan fingerprint density at radius 1 is 1.44 bits per heavy atom. The molecule has 1 aromatic heterocycles. The third-order valence-corrected chi connectivity index (χ3v) is 2.49. The number of halogens is 4. The second-order valence-corrected chi connectivity index (χ2v) is 4.06. The molecule has 1 rings (SSSR count). The summed E-state index contributed by atoms with van der Waals surface area (Å²) in [4.78, 5) is 25.0. The number of carboxylic acid groups (broad SMARTS) is 1. The van der Waals surface area contributed by atoms with Gasteiger partial charge in [-0.05, 0) is 28.9 Å². The summed E-state index contributed by atoms with van der Waals surface area (Å²) in [5, 5.41) is 10.3. The molecular formula is C9H6BrF3N2O3. The molecule has 0 unspecified atom stereocenters. The maximum Gasteiger partial charge on any atom is 0.471 e. The monoisotopic (exact) mass is 326 g/mol. The standard InChI is InChI=1S/C9H6BrF3N2O3/c1-3-4(7(16)17)2-5(10)6(14-3)15-8(18)9(11,12)13/h2H,1H3,(H,16,17)(H,14,15,18). The third-order valence-electron chi connectivity index (χ3n) is 1.89. The number of rotatable bonds is 2. The van der Waals surface area contributed by atoms with Gasteiger partial charge in [0.1, 0.15) is 5.82 Å². The molecule has 0 aromatic carbocycles. The first-order chi connectivity index (χ1) is 8.12. The van der Waals surface area contributed by atoms with E-state index in [1.807, 2.05) is 0 Å². The molecule has 0 aliphatic rings. The van der Waals surface area contributed by atoms with E-state index in [-0.39, 0.29) is 21.5 Å². The second kappa shape index (κ2) is 4.92. The van der Waals surface area contributed by atoms with Crippen LogP contribution in [0.3, 0.4) is 0 Å². The van der Waals surface area contributed by atoms with Crippen molar-refractivity contribution in [2.45, 2.75) is 13.1 Å². The number of pyridine rings is 1. The predicted octanol–water partition coefficient (Wildman–Crippen LogP) is 2.35. The number of carbonyl (C=O) groups excluding carboxylic acids is 1. The number of anilines is 1. The van der Waals surface area contributed by atoms with Gasteiger partial charge in [0.05, 0.1) is 15.7 Å². The smallest absolute Gasteiger partial charge is 0.471 e. The van der Waals surface area contributed by atoms with E-state index in [9.17, 15) is 22.8 Å². The number of carbonyl (C=O) groups is 2. The summed E-state index contributed by atoms with van der Waals surface area (Å²) in [7, 11) is 0. The zero-order chi connectivity index (χ0) is 14.1. The van der Waals surface area contributed by atoms with Crippen LogP contribution in [0.4, 0.5) is 19.0 Å². The Kier molecular flexibility index (Phi) is 3.95. The van der Waals surface area contributed by atoms with Crippen molar-refractivity contribution in [3.63, 3.8) is 0 Å². The van der Waals surface area contributed by atoms with Crippen molar-refractivity contribution in [1.29, 1.82) is 0 Å². The van der Waals surface area contributed by atoms with Crippen LogP contribution in [0.15, 0.2) is 10.5 Å². The van der Waals surface area contributed by atoms with Crippen LogP contribution in [0.2, 0.25) is 0 Å². The van der Waals surface area contributed by atoms with Gasteiger partial charge in [-0.3, -0.25) is 4.79 Å². The summed E-state index contributed by atoms with van der Waals surface area (Å²) >= 11 is 2.84. The van der Waals surface area contributed by atoms with Crippen LogP contribution < -0.4 is 5.32 Å². The van der Waals surface area contributed by atoms with Crippen LogP contribution >= 0.6 is 15.9 Å². The summed E-state index contributed by atoms with van der Waals surface area (Å²) < 4.78 is 36.0. The van der Waals surface area contributed by atoms with E-state index in [1.54, 1.807) is 5.32 Å². The topological polar surface area (TPSA) is 79.3 Å². The second-order valence-electron chi connectivity index (χ2n) is 3.21. The number of carboxylic acids is 1. The van der Waals surface area contributed by atoms with Gasteiger partial charge in [-0.1, -0.05) is 0 Å². The average molecular weight is 327 g/mol. The van der Waals surface area contributed by atoms with Crippen LogP contribution in [0, 0.1) is 6.92 Å². The molecular weight excluding hydrogens is 321 g/mol. The number of aryl methyl sites for hydroxylation is 1. The van der Waals surface area contributed by atoms with Crippen LogP contribution in [0.25, 0.3) is 0 Å². The van der Waals surface area contributed by atoms with Crippen molar-refractivity contribution in [2.24, 2.45) is 0 Å². The molecule has 5 nitrogen and oxygen atoms in total. The van der Waals surface area contributed by atoms with Crippen molar-refractivity contribution in [3.8, 4) is 0 Å². The van der Waals surface area contributed by atoms with E-state index in [2.05, 4.69) is 20.9 Å². The van der Waals surface area contributed by atoms with Gasteiger partial charge in [-0.2, -0.15) is 13.2 Å². The molecule has 0 aliphatic carbocycles. The third kappa shape index (κ3) is 3.19. The number of amides is 1. The molecule has 2 N–H and O–H groups in total. The van der Waals surface area contributed by atoms with Gasteiger partial charge < -0.3 is 10.4 Å². The van der Waals surface area contributed by atoms with Gasteiger partial charge in [0.2, 0.25) is 0 Å². The van der Waals surface area contributed by atoms with Crippen molar-refractivity contribution in [3.05, 3.63) is 21.8 Å². The highest BCUT2D eigenvalue weighted by Crippen LogP contribution is 2.25. The molecule has 1 amide bonds. The Morgan fingerprint density at radius 3 is 2.44 bits per heavy atom. The van der Waals surface area contributed by atoms with E-state index in [4.69, 9.17) is 5.11 Å². The molecule has 1 aromatic rings. The number of aromatic nitrogens is 1. The first-order valence-corrected chi connectivity index (χ1v) is 5.21. The fourth-order valence-corrected chi connectivity index (χ4v) is 1.48. The summed E-state index contributed by atoms with van der Waals surface area (Å²) in [6.07, 6.45) is -5.04. The van der Waals surface area contributed by atoms with E-state index in [1.165, 1.54) is 6.92 Å². The minimum Gasteiger partial charge on any atom is -0.478 e. The number of aromatic carboxylic acids is 1. The SMILES string of the molecule is Cc1nc(NC(=O)C(F)(F)F)c(Br)cc1C(=O)O. The Balaban J connectivity index is 3.10. The molecule has 0 saturated carbocycles. The Labute approximate surface area is 107 Å². The average Bonchev–Trinajstić information content (AvgIpc) is 2.21. The first-order valence-electron chi connectivity index (χ1n) is 4.41. The molecule has 1 heterocycles. The Bertz CT molecular complexity index is 517. The van der Waals surface area contributed by atoms with Gasteiger partial charge in [0.25, 0.3) is 0 Å². The normalized spacial score (nSPS) is 11.2. The summed E-state index contributed by atoms with van der Waals surface area (Å²) in [5.74, 6) is -3.84. The molecule has 0 radical (unpaired) electrons. The lowest BCUT2D eigenvalue weighted by Gasteiger charge is -2.10. The molecule has 9 heteroatoms. The highest BCUT2D eigenvalue weighted by molar-refractivity contribution is 9.10. The van der Waals surface area contributed by atoms with Gasteiger partial charge in [0.15, 0.2) is 0 Å². The fourth-order valence-electron chi connectivity index (χ4n) is 1.06. The lowest BCUT2D eigenvalue weighted by molar-refractivity contribution is -0.167. The number of nitrogens with one attached hydrogen (secondary N) is 1. The highest BCUT2D eigenvalue weighted by atomic mass is 79.9. The predicted molar refractivity (Wildman–Crippen MR) is 58.3 cm³/mol. The van der Waals surface area contributed by atoms with E-state index < -0.39 is 18.1 Å².